The first-order chi connectivity index (χ1) is 21.7. The molecule has 4 unspecified atom stereocenters. The van der Waals surface area contributed by atoms with Crippen molar-refractivity contribution in [2.24, 2.45) is 11.8 Å². The zero-order valence-corrected chi connectivity index (χ0v) is 24.9. The summed E-state index contributed by atoms with van der Waals surface area (Å²) in [6, 6.07) is 7.47. The Morgan fingerprint density at radius 1 is 1.04 bits per heavy atom. The van der Waals surface area contributed by atoms with E-state index in [1.54, 1.807) is 30.3 Å². The van der Waals surface area contributed by atoms with E-state index in [0.717, 1.165) is 36.9 Å². The molecular weight excluding hydrogens is 614 g/mol. The number of pyridine rings is 1. The van der Waals surface area contributed by atoms with Gasteiger partial charge >= 0.3 is 12.4 Å². The molecule has 1 aromatic heterocycles. The number of rotatable bonds is 8. The van der Waals surface area contributed by atoms with Gasteiger partial charge in [-0.1, -0.05) is 6.08 Å². The van der Waals surface area contributed by atoms with Gasteiger partial charge in [0.05, 0.1) is 29.8 Å². The number of ether oxygens (including phenoxy) is 1. The number of piperidine rings is 3. The van der Waals surface area contributed by atoms with Crippen molar-refractivity contribution < 1.29 is 31.1 Å². The summed E-state index contributed by atoms with van der Waals surface area (Å²) in [6.45, 7) is 5.51. The largest absolute Gasteiger partial charge is 0.497 e. The Labute approximate surface area is 259 Å². The lowest BCUT2D eigenvalue weighted by Gasteiger charge is -2.53. The van der Waals surface area contributed by atoms with Gasteiger partial charge in [0, 0.05) is 36.9 Å². The molecule has 3 fully saturated rings. The second kappa shape index (κ2) is 11.4. The number of nitrogens with zero attached hydrogens (tertiary/aromatic N) is 3. The average Bonchev–Trinajstić information content (AvgIpc) is 3.03. The van der Waals surface area contributed by atoms with E-state index in [9.17, 15) is 35.9 Å². The van der Waals surface area contributed by atoms with E-state index in [1.807, 2.05) is 18.2 Å². The standard InChI is InChI=1S/C33H30F6N4O3/c1-4-17-16-43-10-8-18(17)11-26(43)28(23-7-9-40-25-6-5-22(46-3)15-24(23)25)42(2)29-27(30(44)31(29)45)41-21-13-19(32(34,35)36)12-20(14-21)33(37,38)39/h4-7,9,12-15,17-18,26,28,41H,1,8,10-11,16H2,2-3H3/t17?,18?,26?,28-/m0/s1. The predicted molar refractivity (Wildman–Crippen MR) is 162 cm³/mol. The minimum Gasteiger partial charge on any atom is -0.497 e. The molecule has 7 rings (SSSR count). The monoisotopic (exact) mass is 644 g/mol. The minimum absolute atomic E-state index is 0.00225. The van der Waals surface area contributed by atoms with Crippen LogP contribution in [0.3, 0.4) is 0 Å². The van der Waals surface area contributed by atoms with Crippen LogP contribution in [0.4, 0.5) is 43.4 Å². The maximum absolute atomic E-state index is 13.6. The van der Waals surface area contributed by atoms with Crippen LogP contribution in [0, 0.1) is 11.8 Å². The normalized spacial score (nSPS) is 22.2. The third-order valence-corrected chi connectivity index (χ3v) is 9.33. The van der Waals surface area contributed by atoms with Crippen LogP contribution in [0.2, 0.25) is 0 Å². The fourth-order valence-corrected chi connectivity index (χ4v) is 7.05. The van der Waals surface area contributed by atoms with Crippen LogP contribution < -0.4 is 25.8 Å². The lowest BCUT2D eigenvalue weighted by Crippen LogP contribution is -2.58. The van der Waals surface area contributed by atoms with Gasteiger partial charge < -0.3 is 15.0 Å². The number of hydrogen-bond donors (Lipinski definition) is 1. The zero-order valence-electron chi connectivity index (χ0n) is 24.9. The average molecular weight is 645 g/mol. The van der Waals surface area contributed by atoms with E-state index in [4.69, 9.17) is 4.74 Å². The first kappa shape index (κ1) is 31.6. The number of alkyl halides is 6. The van der Waals surface area contributed by atoms with Crippen LogP contribution in [0.25, 0.3) is 10.9 Å². The van der Waals surface area contributed by atoms with Gasteiger partial charge in [0.25, 0.3) is 10.9 Å². The van der Waals surface area contributed by atoms with Crippen molar-refractivity contribution in [3.05, 3.63) is 98.5 Å². The molecule has 0 spiro atoms. The highest BCUT2D eigenvalue weighted by atomic mass is 19.4. The van der Waals surface area contributed by atoms with Crippen molar-refractivity contribution in [3.8, 4) is 5.75 Å². The summed E-state index contributed by atoms with van der Waals surface area (Å²) in [5, 5.41) is 3.18. The number of anilines is 3. The van der Waals surface area contributed by atoms with Gasteiger partial charge in [-0.15, -0.1) is 6.58 Å². The van der Waals surface area contributed by atoms with Crippen molar-refractivity contribution in [1.29, 1.82) is 0 Å². The third kappa shape index (κ3) is 5.50. The number of halogens is 6. The molecule has 3 aliphatic heterocycles. The molecule has 3 aliphatic rings. The number of nitrogens with one attached hydrogen (secondary N) is 1. The molecule has 2 bridgehead atoms. The van der Waals surface area contributed by atoms with Crippen molar-refractivity contribution >= 4 is 28.0 Å². The predicted octanol–water partition coefficient (Wildman–Crippen LogP) is 6.69. The Hall–Kier alpha value is -4.39. The molecule has 0 aliphatic carbocycles. The fraction of sp³-hybridized carbons (Fsp3) is 0.364. The molecule has 3 saturated heterocycles. The number of likely N-dealkylation sites (N-methyl/N-ethyl adjacent to an activating group) is 1. The van der Waals surface area contributed by atoms with Crippen LogP contribution >= 0.6 is 0 Å². The third-order valence-electron chi connectivity index (χ3n) is 9.33. The first-order valence-corrected chi connectivity index (χ1v) is 14.6. The molecule has 0 radical (unpaired) electrons. The highest BCUT2D eigenvalue weighted by Crippen LogP contribution is 2.46. The molecule has 4 aromatic rings. The van der Waals surface area contributed by atoms with Crippen molar-refractivity contribution in [3.63, 3.8) is 0 Å². The Bertz CT molecular complexity index is 1850. The van der Waals surface area contributed by atoms with E-state index in [2.05, 4.69) is 21.8 Å². The topological polar surface area (TPSA) is 74.8 Å². The summed E-state index contributed by atoms with van der Waals surface area (Å²) in [7, 11) is 3.14. The molecular formula is C33H30F6N4O3. The summed E-state index contributed by atoms with van der Waals surface area (Å²) < 4.78 is 86.8. The number of methoxy groups -OCH3 is 1. The molecule has 1 N–H and O–H groups in total. The number of fused-ring (bicyclic) bond motifs is 4. The Morgan fingerprint density at radius 2 is 1.74 bits per heavy atom. The molecule has 5 atom stereocenters. The highest BCUT2D eigenvalue weighted by Gasteiger charge is 2.45. The molecule has 0 amide bonds. The van der Waals surface area contributed by atoms with Crippen LogP contribution in [-0.4, -0.2) is 43.2 Å². The molecule has 0 saturated carbocycles. The van der Waals surface area contributed by atoms with E-state index < -0.39 is 46.1 Å². The summed E-state index contributed by atoms with van der Waals surface area (Å²) in [4.78, 5) is 34.5. The van der Waals surface area contributed by atoms with Crippen LogP contribution in [0.1, 0.15) is 35.6 Å². The quantitative estimate of drug-likeness (QED) is 0.130. The van der Waals surface area contributed by atoms with E-state index >= 15 is 0 Å². The van der Waals surface area contributed by atoms with Gasteiger partial charge in [-0.25, -0.2) is 0 Å². The molecule has 242 valence electrons. The van der Waals surface area contributed by atoms with E-state index in [0.29, 0.717) is 29.3 Å². The first-order valence-electron chi connectivity index (χ1n) is 14.6. The van der Waals surface area contributed by atoms with E-state index in [-0.39, 0.29) is 29.4 Å². The van der Waals surface area contributed by atoms with Gasteiger partial charge in [-0.2, -0.15) is 26.3 Å². The maximum atomic E-state index is 13.6. The number of benzene rings is 2. The van der Waals surface area contributed by atoms with Gasteiger partial charge in [0.2, 0.25) is 0 Å². The lowest BCUT2D eigenvalue weighted by molar-refractivity contribution is -0.143. The SMILES string of the molecule is C=CC1CN2CCC1CC2[C@H](c1ccnc2ccc(OC)cc12)N(C)c1c(Nc2cc(C(F)(F)F)cc(C(F)(F)F)c2)c(=O)c1=O. The number of hydrogen-bond acceptors (Lipinski definition) is 7. The Balaban J connectivity index is 1.47. The van der Waals surface area contributed by atoms with Crippen LogP contribution in [0.15, 0.2) is 70.9 Å². The Morgan fingerprint density at radius 3 is 2.33 bits per heavy atom. The van der Waals surface area contributed by atoms with Gasteiger partial charge in [0.1, 0.15) is 17.1 Å². The van der Waals surface area contributed by atoms with Gasteiger partial charge in [-0.3, -0.25) is 19.5 Å². The van der Waals surface area contributed by atoms with Crippen molar-refractivity contribution in [2.45, 2.75) is 37.3 Å². The Kier molecular flexibility index (Phi) is 7.86. The summed E-state index contributed by atoms with van der Waals surface area (Å²) in [5.74, 6) is 1.17. The second-order valence-electron chi connectivity index (χ2n) is 11.9. The molecule has 46 heavy (non-hydrogen) atoms. The highest BCUT2D eigenvalue weighted by molar-refractivity contribution is 5.86. The fourth-order valence-electron chi connectivity index (χ4n) is 7.05. The summed E-state index contributed by atoms with van der Waals surface area (Å²) in [5.41, 5.74) is -4.71. The van der Waals surface area contributed by atoms with Crippen molar-refractivity contribution in [1.82, 2.24) is 9.88 Å². The maximum Gasteiger partial charge on any atom is 0.416 e. The lowest BCUT2D eigenvalue weighted by atomic mass is 9.72. The van der Waals surface area contributed by atoms with Crippen molar-refractivity contribution in [2.75, 3.05) is 37.5 Å². The smallest absolute Gasteiger partial charge is 0.416 e. The summed E-state index contributed by atoms with van der Waals surface area (Å²) in [6.07, 6.45) is -4.90. The molecule has 3 aromatic carbocycles. The zero-order chi connectivity index (χ0) is 33.1. The van der Waals surface area contributed by atoms with E-state index in [1.165, 1.54) is 7.11 Å². The minimum atomic E-state index is -5.09. The molecule has 13 heteroatoms. The van der Waals surface area contributed by atoms with Gasteiger partial charge in [0.15, 0.2) is 0 Å². The molecule has 7 nitrogen and oxygen atoms in total. The summed E-state index contributed by atoms with van der Waals surface area (Å²) >= 11 is 0. The van der Waals surface area contributed by atoms with Gasteiger partial charge in [-0.05, 0) is 79.3 Å². The van der Waals surface area contributed by atoms with Crippen LogP contribution in [-0.2, 0) is 12.4 Å². The molecule has 4 heterocycles. The van der Waals surface area contributed by atoms with Crippen LogP contribution in [0.5, 0.6) is 5.75 Å². The number of aromatic nitrogens is 1. The second-order valence-corrected chi connectivity index (χ2v) is 11.9.